The summed E-state index contributed by atoms with van der Waals surface area (Å²) in [6.07, 6.45) is 3.08. The zero-order chi connectivity index (χ0) is 14.7. The number of phenolic OH excluding ortho intramolecular Hbond substituents is 1. The molecule has 1 heterocycles. The molecule has 0 atom stereocenters. The zero-order valence-corrected chi connectivity index (χ0v) is 13.2. The number of benzene rings is 2. The fourth-order valence-corrected chi connectivity index (χ4v) is 2.88. The van der Waals surface area contributed by atoms with Gasteiger partial charge in [0.15, 0.2) is 0 Å². The molecule has 0 aliphatic rings. The normalized spacial score (nSPS) is 11.1. The van der Waals surface area contributed by atoms with Crippen molar-refractivity contribution in [3.05, 3.63) is 64.3 Å². The Morgan fingerprint density at radius 3 is 2.86 bits per heavy atom. The summed E-state index contributed by atoms with van der Waals surface area (Å²) in [5, 5.41) is 14.2. The molecule has 0 spiro atoms. The molecule has 3 nitrogen and oxygen atoms in total. The first-order valence-corrected chi connectivity index (χ1v) is 7.76. The number of rotatable bonds is 5. The van der Waals surface area contributed by atoms with Crippen LogP contribution >= 0.6 is 15.9 Å². The van der Waals surface area contributed by atoms with E-state index in [-0.39, 0.29) is 5.75 Å². The minimum absolute atomic E-state index is 0.276. The number of aromatic hydroxyl groups is 1. The summed E-state index contributed by atoms with van der Waals surface area (Å²) in [5.74, 6) is 0.276. The van der Waals surface area contributed by atoms with Crippen LogP contribution in [0.3, 0.4) is 0 Å². The Kier molecular flexibility index (Phi) is 4.27. The Morgan fingerprint density at radius 1 is 1.14 bits per heavy atom. The lowest BCUT2D eigenvalue weighted by Crippen LogP contribution is -2.16. The fraction of sp³-hybridized carbons (Fsp3) is 0.176. The summed E-state index contributed by atoms with van der Waals surface area (Å²) in [6.45, 7) is 1.71. The van der Waals surface area contributed by atoms with E-state index in [1.54, 1.807) is 6.07 Å². The summed E-state index contributed by atoms with van der Waals surface area (Å²) in [4.78, 5) is 3.30. The van der Waals surface area contributed by atoms with E-state index in [4.69, 9.17) is 0 Å². The Bertz CT molecular complexity index is 751. The zero-order valence-electron chi connectivity index (χ0n) is 11.6. The van der Waals surface area contributed by atoms with E-state index in [0.717, 1.165) is 29.5 Å². The number of hydrogen-bond donors (Lipinski definition) is 3. The smallest absolute Gasteiger partial charge is 0.129 e. The maximum Gasteiger partial charge on any atom is 0.129 e. The first-order valence-electron chi connectivity index (χ1n) is 6.97. The number of para-hydroxylation sites is 1. The Labute approximate surface area is 132 Å². The molecule has 108 valence electrons. The average Bonchev–Trinajstić information content (AvgIpc) is 2.91. The molecule has 4 heteroatoms. The van der Waals surface area contributed by atoms with Gasteiger partial charge in [0.25, 0.3) is 0 Å². The van der Waals surface area contributed by atoms with Gasteiger partial charge in [-0.15, -0.1) is 0 Å². The first kappa shape index (κ1) is 14.2. The molecule has 0 amide bonds. The lowest BCUT2D eigenvalue weighted by Gasteiger charge is -2.06. The molecule has 0 aliphatic carbocycles. The van der Waals surface area contributed by atoms with Crippen LogP contribution in [0.15, 0.2) is 53.1 Å². The molecule has 0 radical (unpaired) electrons. The van der Waals surface area contributed by atoms with Crippen molar-refractivity contribution in [2.24, 2.45) is 0 Å². The van der Waals surface area contributed by atoms with Crippen molar-refractivity contribution in [1.29, 1.82) is 0 Å². The maximum absolute atomic E-state index is 9.47. The average molecular weight is 345 g/mol. The van der Waals surface area contributed by atoms with Crippen molar-refractivity contribution in [3.63, 3.8) is 0 Å². The second-order valence-electron chi connectivity index (χ2n) is 5.07. The van der Waals surface area contributed by atoms with E-state index in [2.05, 4.69) is 50.6 Å². The van der Waals surface area contributed by atoms with E-state index >= 15 is 0 Å². The maximum atomic E-state index is 9.47. The van der Waals surface area contributed by atoms with E-state index in [1.807, 2.05) is 18.2 Å². The lowest BCUT2D eigenvalue weighted by molar-refractivity contribution is 0.471. The second-order valence-corrected chi connectivity index (χ2v) is 5.93. The van der Waals surface area contributed by atoms with Gasteiger partial charge in [0.05, 0.1) is 4.47 Å². The van der Waals surface area contributed by atoms with Gasteiger partial charge in [-0.05, 0) is 58.2 Å². The van der Waals surface area contributed by atoms with Crippen LogP contribution < -0.4 is 5.32 Å². The van der Waals surface area contributed by atoms with Crippen molar-refractivity contribution in [3.8, 4) is 5.75 Å². The van der Waals surface area contributed by atoms with Gasteiger partial charge < -0.3 is 15.4 Å². The molecule has 21 heavy (non-hydrogen) atoms. The number of phenols is 1. The van der Waals surface area contributed by atoms with Crippen LogP contribution in [0.25, 0.3) is 10.9 Å². The second kappa shape index (κ2) is 6.33. The number of nitrogens with one attached hydrogen (secondary N) is 2. The predicted molar refractivity (Wildman–Crippen MR) is 89.5 cm³/mol. The van der Waals surface area contributed by atoms with Gasteiger partial charge in [0.1, 0.15) is 5.75 Å². The van der Waals surface area contributed by atoms with Gasteiger partial charge in [-0.2, -0.15) is 0 Å². The number of fused-ring (bicyclic) bond motifs is 1. The highest BCUT2D eigenvalue weighted by Crippen LogP contribution is 2.24. The van der Waals surface area contributed by atoms with E-state index in [1.165, 1.54) is 16.5 Å². The van der Waals surface area contributed by atoms with Crippen LogP contribution in [0.1, 0.15) is 11.1 Å². The molecule has 0 bridgehead atoms. The lowest BCUT2D eigenvalue weighted by atomic mass is 10.1. The molecule has 0 unspecified atom stereocenters. The summed E-state index contributed by atoms with van der Waals surface area (Å²) in [5.41, 5.74) is 3.68. The van der Waals surface area contributed by atoms with Crippen molar-refractivity contribution in [2.75, 3.05) is 6.54 Å². The summed E-state index contributed by atoms with van der Waals surface area (Å²) in [6, 6.07) is 13.9. The highest BCUT2D eigenvalue weighted by atomic mass is 79.9. The Balaban J connectivity index is 1.55. The largest absolute Gasteiger partial charge is 0.507 e. The molecule has 2 aromatic carbocycles. The van der Waals surface area contributed by atoms with Crippen molar-refractivity contribution < 1.29 is 5.11 Å². The molecule has 0 saturated heterocycles. The molecule has 0 fully saturated rings. The highest BCUT2D eigenvalue weighted by Gasteiger charge is 2.03. The molecule has 3 N–H and O–H groups in total. The van der Waals surface area contributed by atoms with Gasteiger partial charge in [-0.3, -0.25) is 0 Å². The summed E-state index contributed by atoms with van der Waals surface area (Å²) < 4.78 is 0.735. The quantitative estimate of drug-likeness (QED) is 0.613. The molecule has 1 aromatic heterocycles. The third-order valence-electron chi connectivity index (χ3n) is 3.59. The summed E-state index contributed by atoms with van der Waals surface area (Å²) >= 11 is 3.33. The minimum atomic E-state index is 0.276. The van der Waals surface area contributed by atoms with Gasteiger partial charge in [0.2, 0.25) is 0 Å². The van der Waals surface area contributed by atoms with Crippen LogP contribution in [0.2, 0.25) is 0 Å². The highest BCUT2D eigenvalue weighted by molar-refractivity contribution is 9.10. The van der Waals surface area contributed by atoms with Crippen LogP contribution in [0.4, 0.5) is 0 Å². The van der Waals surface area contributed by atoms with Gasteiger partial charge >= 0.3 is 0 Å². The molecule has 0 aliphatic heterocycles. The van der Waals surface area contributed by atoms with Crippen LogP contribution in [-0.2, 0) is 13.0 Å². The molecular formula is C17H17BrN2O. The summed E-state index contributed by atoms with van der Waals surface area (Å²) in [7, 11) is 0. The number of halogens is 1. The fourth-order valence-electron chi connectivity index (χ4n) is 2.45. The van der Waals surface area contributed by atoms with Crippen LogP contribution in [-0.4, -0.2) is 16.6 Å². The Morgan fingerprint density at radius 2 is 2.00 bits per heavy atom. The van der Waals surface area contributed by atoms with Gasteiger partial charge in [-0.25, -0.2) is 0 Å². The third-order valence-corrected chi connectivity index (χ3v) is 4.22. The monoisotopic (exact) mass is 344 g/mol. The standard InChI is InChI=1S/C17H17BrN2O/c18-15-9-12(5-6-17(15)21)10-19-8-7-13-11-20-16-4-2-1-3-14(13)16/h1-6,9,11,19-21H,7-8,10H2. The van der Waals surface area contributed by atoms with Crippen molar-refractivity contribution in [1.82, 2.24) is 10.3 Å². The predicted octanol–water partition coefficient (Wildman–Crippen LogP) is 3.97. The SMILES string of the molecule is Oc1ccc(CNCCc2c[nH]c3ccccc23)cc1Br. The van der Waals surface area contributed by atoms with Crippen LogP contribution in [0, 0.1) is 0 Å². The topological polar surface area (TPSA) is 48.0 Å². The van der Waals surface area contributed by atoms with Crippen molar-refractivity contribution in [2.45, 2.75) is 13.0 Å². The molecule has 3 aromatic rings. The minimum Gasteiger partial charge on any atom is -0.507 e. The van der Waals surface area contributed by atoms with Crippen molar-refractivity contribution >= 4 is 26.8 Å². The van der Waals surface area contributed by atoms with Gasteiger partial charge in [0, 0.05) is 23.6 Å². The number of aromatic nitrogens is 1. The first-order chi connectivity index (χ1) is 10.2. The number of H-pyrrole nitrogens is 1. The van der Waals surface area contributed by atoms with E-state index < -0.39 is 0 Å². The van der Waals surface area contributed by atoms with E-state index in [9.17, 15) is 5.11 Å². The van der Waals surface area contributed by atoms with Crippen LogP contribution in [0.5, 0.6) is 5.75 Å². The van der Waals surface area contributed by atoms with Gasteiger partial charge in [-0.1, -0.05) is 24.3 Å². The molecule has 3 rings (SSSR count). The molecular weight excluding hydrogens is 328 g/mol. The number of hydrogen-bond acceptors (Lipinski definition) is 2. The molecule has 0 saturated carbocycles. The third kappa shape index (κ3) is 3.28. The van der Waals surface area contributed by atoms with E-state index in [0.29, 0.717) is 0 Å². The number of aromatic amines is 1. The Hall–Kier alpha value is -1.78.